The Balaban J connectivity index is 1.82. The van der Waals surface area contributed by atoms with Crippen LogP contribution in [0, 0.1) is 0 Å². The number of piperazine rings is 1. The average molecular weight is 262 g/mol. The van der Waals surface area contributed by atoms with Gasteiger partial charge in [-0.25, -0.2) is 0 Å². The van der Waals surface area contributed by atoms with Gasteiger partial charge in [0.15, 0.2) is 0 Å². The molecule has 1 aliphatic heterocycles. The summed E-state index contributed by atoms with van der Waals surface area (Å²) in [5.74, 6) is 0.114. The lowest BCUT2D eigenvalue weighted by atomic mass is 10.2. The first-order valence-electron chi connectivity index (χ1n) is 6.78. The van der Waals surface area contributed by atoms with E-state index in [2.05, 4.69) is 27.2 Å². The van der Waals surface area contributed by atoms with E-state index in [0.29, 0.717) is 13.1 Å². The molecule has 0 spiro atoms. The van der Waals surface area contributed by atoms with Gasteiger partial charge in [-0.3, -0.25) is 9.69 Å². The number of benzene rings is 1. The third kappa shape index (κ3) is 3.86. The van der Waals surface area contributed by atoms with Gasteiger partial charge in [0.25, 0.3) is 0 Å². The second kappa shape index (κ2) is 6.43. The molecule has 0 saturated carbocycles. The van der Waals surface area contributed by atoms with Crippen LogP contribution < -0.4 is 16.0 Å². The van der Waals surface area contributed by atoms with Crippen LogP contribution in [0.1, 0.15) is 6.92 Å². The van der Waals surface area contributed by atoms with Crippen molar-refractivity contribution >= 4 is 17.3 Å². The van der Waals surface area contributed by atoms with E-state index in [1.165, 1.54) is 5.69 Å². The zero-order chi connectivity index (χ0) is 13.7. The maximum Gasteiger partial charge on any atom is 0.234 e. The number of likely N-dealkylation sites (N-methyl/N-ethyl adjacent to an activating group) is 1. The number of nitrogen functional groups attached to an aromatic ring is 1. The number of hydrogen-bond donors (Lipinski definition) is 2. The summed E-state index contributed by atoms with van der Waals surface area (Å²) in [6.07, 6.45) is 0. The summed E-state index contributed by atoms with van der Waals surface area (Å²) >= 11 is 0. The second-order valence-corrected chi connectivity index (χ2v) is 4.81. The van der Waals surface area contributed by atoms with Gasteiger partial charge in [0.05, 0.1) is 6.54 Å². The summed E-state index contributed by atoms with van der Waals surface area (Å²) in [4.78, 5) is 16.0. The number of amides is 1. The van der Waals surface area contributed by atoms with E-state index in [0.717, 1.165) is 31.9 Å². The Bertz CT molecular complexity index is 410. The third-order valence-electron chi connectivity index (χ3n) is 3.37. The van der Waals surface area contributed by atoms with E-state index >= 15 is 0 Å². The summed E-state index contributed by atoms with van der Waals surface area (Å²) in [6.45, 7) is 6.88. The summed E-state index contributed by atoms with van der Waals surface area (Å²) in [5, 5.41) is 2.83. The lowest BCUT2D eigenvalue weighted by Gasteiger charge is -2.35. The van der Waals surface area contributed by atoms with E-state index in [-0.39, 0.29) is 5.91 Å². The highest BCUT2D eigenvalue weighted by Crippen LogP contribution is 2.17. The fourth-order valence-corrected chi connectivity index (χ4v) is 2.31. The number of carbonyl (C=O) groups is 1. The maximum atomic E-state index is 11.5. The first kappa shape index (κ1) is 13.7. The molecule has 0 unspecified atom stereocenters. The minimum absolute atomic E-state index is 0.114. The zero-order valence-electron chi connectivity index (χ0n) is 11.4. The first-order chi connectivity index (χ1) is 9.19. The Labute approximate surface area is 114 Å². The number of nitrogens with one attached hydrogen (secondary N) is 1. The van der Waals surface area contributed by atoms with Crippen LogP contribution in [0.25, 0.3) is 0 Å². The van der Waals surface area contributed by atoms with Gasteiger partial charge in [-0.15, -0.1) is 0 Å². The van der Waals surface area contributed by atoms with Crippen molar-refractivity contribution in [3.8, 4) is 0 Å². The van der Waals surface area contributed by atoms with Crippen molar-refractivity contribution in [2.24, 2.45) is 0 Å². The molecule has 1 fully saturated rings. The molecule has 0 aliphatic carbocycles. The second-order valence-electron chi connectivity index (χ2n) is 4.81. The van der Waals surface area contributed by atoms with Gasteiger partial charge in [0.1, 0.15) is 0 Å². The largest absolute Gasteiger partial charge is 0.399 e. The minimum atomic E-state index is 0.114. The smallest absolute Gasteiger partial charge is 0.234 e. The third-order valence-corrected chi connectivity index (χ3v) is 3.37. The van der Waals surface area contributed by atoms with E-state index in [9.17, 15) is 4.79 Å². The maximum absolute atomic E-state index is 11.5. The zero-order valence-corrected chi connectivity index (χ0v) is 11.4. The van der Waals surface area contributed by atoms with Crippen LogP contribution in [0.4, 0.5) is 11.4 Å². The van der Waals surface area contributed by atoms with E-state index in [4.69, 9.17) is 5.73 Å². The van der Waals surface area contributed by atoms with Crippen LogP contribution in [0.15, 0.2) is 24.3 Å². The summed E-state index contributed by atoms with van der Waals surface area (Å²) in [7, 11) is 0. The summed E-state index contributed by atoms with van der Waals surface area (Å²) in [5.41, 5.74) is 7.68. The van der Waals surface area contributed by atoms with Crippen molar-refractivity contribution in [3.05, 3.63) is 24.3 Å². The van der Waals surface area contributed by atoms with Crippen LogP contribution in [-0.2, 0) is 4.79 Å². The van der Waals surface area contributed by atoms with Crippen LogP contribution in [0.3, 0.4) is 0 Å². The molecule has 1 aromatic carbocycles. The Morgan fingerprint density at radius 1 is 1.21 bits per heavy atom. The molecule has 104 valence electrons. The van der Waals surface area contributed by atoms with Gasteiger partial charge in [0.2, 0.25) is 5.91 Å². The number of nitrogens with zero attached hydrogens (tertiary/aromatic N) is 2. The number of rotatable bonds is 4. The fraction of sp³-hybridized carbons (Fsp3) is 0.500. The van der Waals surface area contributed by atoms with Crippen molar-refractivity contribution in [3.63, 3.8) is 0 Å². The van der Waals surface area contributed by atoms with Gasteiger partial charge in [0, 0.05) is 44.1 Å². The van der Waals surface area contributed by atoms with E-state index in [1.54, 1.807) is 0 Å². The number of nitrogens with two attached hydrogens (primary N) is 1. The highest BCUT2D eigenvalue weighted by molar-refractivity contribution is 5.78. The van der Waals surface area contributed by atoms with Crippen molar-refractivity contribution in [2.75, 3.05) is 49.9 Å². The summed E-state index contributed by atoms with van der Waals surface area (Å²) in [6, 6.07) is 7.95. The molecule has 0 radical (unpaired) electrons. The van der Waals surface area contributed by atoms with E-state index in [1.807, 2.05) is 19.1 Å². The average Bonchev–Trinajstić information content (AvgIpc) is 2.41. The predicted molar refractivity (Wildman–Crippen MR) is 78.2 cm³/mol. The molecule has 1 saturated heterocycles. The van der Waals surface area contributed by atoms with Crippen molar-refractivity contribution in [1.82, 2.24) is 10.2 Å². The highest BCUT2D eigenvalue weighted by atomic mass is 16.2. The van der Waals surface area contributed by atoms with Crippen LogP contribution in [0.2, 0.25) is 0 Å². The van der Waals surface area contributed by atoms with Crippen molar-refractivity contribution in [2.45, 2.75) is 6.92 Å². The van der Waals surface area contributed by atoms with Gasteiger partial charge < -0.3 is 16.0 Å². The Kier molecular flexibility index (Phi) is 4.63. The first-order valence-corrected chi connectivity index (χ1v) is 6.78. The van der Waals surface area contributed by atoms with Crippen molar-refractivity contribution < 1.29 is 4.79 Å². The molecule has 3 N–H and O–H groups in total. The molecule has 1 amide bonds. The van der Waals surface area contributed by atoms with Crippen molar-refractivity contribution in [1.29, 1.82) is 0 Å². The Morgan fingerprint density at radius 2 is 1.84 bits per heavy atom. The van der Waals surface area contributed by atoms with Crippen LogP contribution in [0.5, 0.6) is 0 Å². The molecule has 19 heavy (non-hydrogen) atoms. The monoisotopic (exact) mass is 262 g/mol. The van der Waals surface area contributed by atoms with Gasteiger partial charge in [-0.1, -0.05) is 0 Å². The predicted octanol–water partition coefficient (Wildman–Crippen LogP) is 0.527. The van der Waals surface area contributed by atoms with Gasteiger partial charge in [-0.05, 0) is 31.2 Å². The molecule has 2 rings (SSSR count). The Morgan fingerprint density at radius 3 is 2.42 bits per heavy atom. The molecular weight excluding hydrogens is 240 g/mol. The fourth-order valence-electron chi connectivity index (χ4n) is 2.31. The lowest BCUT2D eigenvalue weighted by Crippen LogP contribution is -2.49. The summed E-state index contributed by atoms with van der Waals surface area (Å²) < 4.78 is 0. The molecule has 0 bridgehead atoms. The topological polar surface area (TPSA) is 61.6 Å². The number of hydrogen-bond acceptors (Lipinski definition) is 4. The molecule has 1 heterocycles. The minimum Gasteiger partial charge on any atom is -0.399 e. The molecule has 0 atom stereocenters. The molecular formula is C14H22N4O. The molecule has 5 nitrogen and oxygen atoms in total. The van der Waals surface area contributed by atoms with E-state index < -0.39 is 0 Å². The molecule has 5 heteroatoms. The SMILES string of the molecule is CCNC(=O)CN1CCN(c2ccc(N)cc2)CC1. The normalized spacial score (nSPS) is 16.4. The number of anilines is 2. The lowest BCUT2D eigenvalue weighted by molar-refractivity contribution is -0.122. The number of carbonyl (C=O) groups excluding carboxylic acids is 1. The molecule has 0 aromatic heterocycles. The highest BCUT2D eigenvalue weighted by Gasteiger charge is 2.18. The van der Waals surface area contributed by atoms with Gasteiger partial charge >= 0.3 is 0 Å². The standard InChI is InChI=1S/C14H22N4O/c1-2-16-14(19)11-17-7-9-18(10-8-17)13-5-3-12(15)4-6-13/h3-6H,2,7-11,15H2,1H3,(H,16,19). The Hall–Kier alpha value is -1.75. The van der Waals surface area contributed by atoms with Crippen LogP contribution >= 0.6 is 0 Å². The van der Waals surface area contributed by atoms with Crippen LogP contribution in [-0.4, -0.2) is 50.1 Å². The molecule has 1 aromatic rings. The van der Waals surface area contributed by atoms with Gasteiger partial charge in [-0.2, -0.15) is 0 Å². The quantitative estimate of drug-likeness (QED) is 0.777. The molecule has 1 aliphatic rings.